The van der Waals surface area contributed by atoms with Crippen molar-refractivity contribution in [3.63, 3.8) is 0 Å². The number of fused-ring (bicyclic) bond motifs is 1. The Morgan fingerprint density at radius 2 is 1.83 bits per heavy atom. The Morgan fingerprint density at radius 3 is 2.57 bits per heavy atom. The third-order valence-corrected chi connectivity index (χ3v) is 7.69. The number of furan rings is 1. The fourth-order valence-electron chi connectivity index (χ4n) is 4.61. The number of piperazine rings is 1. The van der Waals surface area contributed by atoms with Gasteiger partial charge in [0.2, 0.25) is 5.91 Å². The van der Waals surface area contributed by atoms with Gasteiger partial charge in [0, 0.05) is 54.9 Å². The third-order valence-electron chi connectivity index (χ3n) is 6.65. The Morgan fingerprint density at radius 1 is 1.06 bits per heavy atom. The highest BCUT2D eigenvalue weighted by Crippen LogP contribution is 2.43. The number of aromatic nitrogens is 4. The van der Waals surface area contributed by atoms with E-state index >= 15 is 0 Å². The minimum atomic E-state index is -0.306. The molecule has 2 amide bonds. The summed E-state index contributed by atoms with van der Waals surface area (Å²) < 4.78 is 7.42. The Kier molecular flexibility index (Phi) is 5.60. The van der Waals surface area contributed by atoms with Crippen LogP contribution < -0.4 is 0 Å². The largest absolute Gasteiger partial charge is 0.459 e. The molecule has 0 unspecified atom stereocenters. The molecule has 0 spiro atoms. The van der Waals surface area contributed by atoms with Crippen LogP contribution in [-0.2, 0) is 4.79 Å². The average Bonchev–Trinajstić information content (AvgIpc) is 3.27. The molecule has 1 saturated carbocycles. The molecule has 2 aliphatic rings. The molecule has 1 atom stereocenters. The van der Waals surface area contributed by atoms with Crippen LogP contribution in [0.1, 0.15) is 36.4 Å². The number of nitrogens with one attached hydrogen (secondary N) is 1. The Hall–Kier alpha value is -3.53. The van der Waals surface area contributed by atoms with Crippen molar-refractivity contribution in [3.8, 4) is 11.4 Å². The van der Waals surface area contributed by atoms with Crippen LogP contribution in [0.3, 0.4) is 0 Å². The van der Waals surface area contributed by atoms with E-state index in [4.69, 9.17) is 4.42 Å². The zero-order valence-corrected chi connectivity index (χ0v) is 20.2. The Labute approximate surface area is 206 Å². The fraction of sp³-hybridized carbons (Fsp3) is 0.360. The normalized spacial score (nSPS) is 17.2. The Balaban J connectivity index is 1.15. The van der Waals surface area contributed by atoms with Crippen molar-refractivity contribution in [1.29, 1.82) is 0 Å². The first-order chi connectivity index (χ1) is 17.1. The molecule has 6 rings (SSSR count). The Bertz CT molecular complexity index is 1370. The zero-order valence-electron chi connectivity index (χ0n) is 19.4. The molecule has 1 N–H and O–H groups in total. The number of thioether (sulfide) groups is 1. The van der Waals surface area contributed by atoms with Gasteiger partial charge in [0.1, 0.15) is 0 Å². The van der Waals surface area contributed by atoms with Crippen LogP contribution in [-0.4, -0.2) is 72.8 Å². The molecule has 0 radical (unpaired) electrons. The van der Waals surface area contributed by atoms with Gasteiger partial charge in [0.25, 0.3) is 5.91 Å². The summed E-state index contributed by atoms with van der Waals surface area (Å²) in [5, 5.41) is 10.6. The second kappa shape index (κ2) is 8.92. The van der Waals surface area contributed by atoms with Gasteiger partial charge in [-0.25, -0.2) is 0 Å². The van der Waals surface area contributed by atoms with Gasteiger partial charge < -0.3 is 19.2 Å². The predicted molar refractivity (Wildman–Crippen MR) is 132 cm³/mol. The van der Waals surface area contributed by atoms with Crippen molar-refractivity contribution in [1.82, 2.24) is 29.5 Å². The van der Waals surface area contributed by atoms with Gasteiger partial charge in [0.05, 0.1) is 11.5 Å². The van der Waals surface area contributed by atoms with E-state index in [1.807, 2.05) is 30.2 Å². The lowest BCUT2D eigenvalue weighted by molar-refractivity contribution is -0.131. The standard InChI is InChI=1S/C25H26N6O3S/c1-16(23(32)29-10-12-30(13-11-29)24(33)21-7-4-14-34-21)35-25-28-27-22(31(25)17-8-9-17)19-15-26-20-6-3-2-5-18(19)20/h2-7,14-17,26H,8-13H2,1H3/t16-/m1/s1. The van der Waals surface area contributed by atoms with E-state index in [-0.39, 0.29) is 17.1 Å². The van der Waals surface area contributed by atoms with Crippen LogP contribution in [0.5, 0.6) is 0 Å². The van der Waals surface area contributed by atoms with Crippen LogP contribution in [0.4, 0.5) is 0 Å². The first kappa shape index (κ1) is 22.0. The summed E-state index contributed by atoms with van der Waals surface area (Å²) in [5.41, 5.74) is 2.10. The molecule has 1 aliphatic carbocycles. The van der Waals surface area contributed by atoms with Crippen molar-refractivity contribution >= 4 is 34.5 Å². The molecule has 4 heterocycles. The molecule has 180 valence electrons. The highest BCUT2D eigenvalue weighted by atomic mass is 32.2. The quantitative estimate of drug-likeness (QED) is 0.413. The number of hydrogen-bond acceptors (Lipinski definition) is 6. The van der Waals surface area contributed by atoms with E-state index < -0.39 is 0 Å². The number of hydrogen-bond donors (Lipinski definition) is 1. The first-order valence-corrected chi connectivity index (χ1v) is 12.8. The maximum atomic E-state index is 13.2. The van der Waals surface area contributed by atoms with Crippen LogP contribution in [0, 0.1) is 0 Å². The molecule has 2 fully saturated rings. The van der Waals surface area contributed by atoms with Crippen molar-refractivity contribution in [3.05, 3.63) is 54.6 Å². The molecule has 35 heavy (non-hydrogen) atoms. The first-order valence-electron chi connectivity index (χ1n) is 11.9. The van der Waals surface area contributed by atoms with Crippen molar-refractivity contribution < 1.29 is 14.0 Å². The number of amides is 2. The summed E-state index contributed by atoms with van der Waals surface area (Å²) in [4.78, 5) is 32.6. The summed E-state index contributed by atoms with van der Waals surface area (Å²) in [6.45, 7) is 3.92. The third kappa shape index (κ3) is 4.12. The predicted octanol–water partition coefficient (Wildman–Crippen LogP) is 3.82. The van der Waals surface area contributed by atoms with E-state index in [9.17, 15) is 9.59 Å². The van der Waals surface area contributed by atoms with Gasteiger partial charge in [-0.15, -0.1) is 10.2 Å². The molecule has 3 aromatic heterocycles. The smallest absolute Gasteiger partial charge is 0.289 e. The maximum Gasteiger partial charge on any atom is 0.289 e. The number of carbonyl (C=O) groups excluding carboxylic acids is 2. The summed E-state index contributed by atoms with van der Waals surface area (Å²) >= 11 is 1.46. The summed E-state index contributed by atoms with van der Waals surface area (Å²) in [6.07, 6.45) is 5.67. The van der Waals surface area contributed by atoms with Gasteiger partial charge in [-0.1, -0.05) is 30.0 Å². The van der Waals surface area contributed by atoms with Gasteiger partial charge in [-0.2, -0.15) is 0 Å². The van der Waals surface area contributed by atoms with E-state index in [1.54, 1.807) is 17.0 Å². The van der Waals surface area contributed by atoms with Gasteiger partial charge >= 0.3 is 0 Å². The number of benzene rings is 1. The molecular weight excluding hydrogens is 464 g/mol. The van der Waals surface area contributed by atoms with Crippen LogP contribution in [0.25, 0.3) is 22.3 Å². The lowest BCUT2D eigenvalue weighted by atomic mass is 10.1. The van der Waals surface area contributed by atoms with Gasteiger partial charge in [-0.3, -0.25) is 14.2 Å². The number of aromatic amines is 1. The topological polar surface area (TPSA) is 100 Å². The highest BCUT2D eigenvalue weighted by Gasteiger charge is 2.34. The van der Waals surface area contributed by atoms with Gasteiger partial charge in [0.15, 0.2) is 16.7 Å². The minimum Gasteiger partial charge on any atom is -0.459 e. The molecule has 1 aromatic carbocycles. The van der Waals surface area contributed by atoms with Crippen molar-refractivity contribution in [2.45, 2.75) is 36.2 Å². The number of carbonyl (C=O) groups is 2. The SMILES string of the molecule is C[C@@H](Sc1nnc(-c2c[nH]c3ccccc23)n1C1CC1)C(=O)N1CCN(C(=O)c2ccco2)CC1. The highest BCUT2D eigenvalue weighted by molar-refractivity contribution is 8.00. The van der Waals surface area contributed by atoms with E-state index in [2.05, 4.69) is 31.9 Å². The van der Waals surface area contributed by atoms with E-state index in [0.717, 1.165) is 40.3 Å². The van der Waals surface area contributed by atoms with E-state index in [0.29, 0.717) is 38.0 Å². The number of nitrogens with zero attached hydrogens (tertiary/aromatic N) is 5. The van der Waals surface area contributed by atoms with Crippen LogP contribution in [0.15, 0.2) is 58.4 Å². The second-order valence-electron chi connectivity index (χ2n) is 9.01. The van der Waals surface area contributed by atoms with Crippen LogP contribution in [0.2, 0.25) is 0 Å². The van der Waals surface area contributed by atoms with Gasteiger partial charge in [-0.05, 0) is 38.0 Å². The molecule has 1 aliphatic heterocycles. The molecule has 10 heteroatoms. The molecular formula is C25H26N6O3S. The minimum absolute atomic E-state index is 0.0547. The molecule has 1 saturated heterocycles. The number of rotatable bonds is 6. The average molecular weight is 491 g/mol. The van der Waals surface area contributed by atoms with Crippen LogP contribution >= 0.6 is 11.8 Å². The molecule has 4 aromatic rings. The molecule has 0 bridgehead atoms. The number of H-pyrrole nitrogens is 1. The maximum absolute atomic E-state index is 13.2. The molecule has 9 nitrogen and oxygen atoms in total. The lowest BCUT2D eigenvalue weighted by Gasteiger charge is -2.35. The van der Waals surface area contributed by atoms with E-state index in [1.165, 1.54) is 18.0 Å². The van der Waals surface area contributed by atoms with Crippen molar-refractivity contribution in [2.24, 2.45) is 0 Å². The van der Waals surface area contributed by atoms with Crippen molar-refractivity contribution in [2.75, 3.05) is 26.2 Å². The fourth-order valence-corrected chi connectivity index (χ4v) is 5.61. The zero-order chi connectivity index (χ0) is 23.9. The number of para-hydroxylation sites is 1. The monoisotopic (exact) mass is 490 g/mol. The lowest BCUT2D eigenvalue weighted by Crippen LogP contribution is -2.52. The summed E-state index contributed by atoms with van der Waals surface area (Å²) in [5.74, 6) is 1.10. The second-order valence-corrected chi connectivity index (χ2v) is 10.3. The summed E-state index contributed by atoms with van der Waals surface area (Å²) in [7, 11) is 0. The summed E-state index contributed by atoms with van der Waals surface area (Å²) in [6, 6.07) is 11.9.